The van der Waals surface area contributed by atoms with Crippen LogP contribution in [-0.4, -0.2) is 59.8 Å². The molecule has 0 radical (unpaired) electrons. The standard InChI is InChI=1S/C30H44N4O2/c1-8-22-9-11-23(12-10-22)20-33-13-15-34(16-14-33)21-27(35)32-31-19-24-17-25(29(2,3)4)18-26(28(24)36)30(5,6)7/h9-12,17-19,36H,8,13-16,20-21H2,1-7H3,(H,32,35)/b31-19-. The Kier molecular flexibility index (Phi) is 8.96. The molecule has 1 amide bonds. The number of rotatable bonds is 7. The van der Waals surface area contributed by atoms with Crippen LogP contribution < -0.4 is 5.43 Å². The molecule has 0 bridgehead atoms. The lowest BCUT2D eigenvalue weighted by Gasteiger charge is -2.34. The van der Waals surface area contributed by atoms with E-state index >= 15 is 0 Å². The van der Waals surface area contributed by atoms with Crippen molar-refractivity contribution in [3.05, 3.63) is 64.2 Å². The molecular weight excluding hydrogens is 448 g/mol. The van der Waals surface area contributed by atoms with Crippen LogP contribution in [-0.2, 0) is 28.6 Å². The fraction of sp³-hybridized carbons (Fsp3) is 0.533. The van der Waals surface area contributed by atoms with Crippen molar-refractivity contribution in [3.8, 4) is 5.75 Å². The fourth-order valence-corrected chi connectivity index (χ4v) is 4.42. The number of benzene rings is 2. The first-order valence-corrected chi connectivity index (χ1v) is 13.1. The fourth-order valence-electron chi connectivity index (χ4n) is 4.42. The van der Waals surface area contributed by atoms with Crippen LogP contribution in [0.4, 0.5) is 0 Å². The van der Waals surface area contributed by atoms with Gasteiger partial charge in [0, 0.05) is 43.9 Å². The van der Waals surface area contributed by atoms with Gasteiger partial charge in [-0.3, -0.25) is 14.6 Å². The maximum Gasteiger partial charge on any atom is 0.254 e. The molecule has 2 N–H and O–H groups in total. The molecule has 1 aliphatic heterocycles. The third-order valence-electron chi connectivity index (χ3n) is 6.88. The maximum atomic E-state index is 12.5. The quantitative estimate of drug-likeness (QED) is 0.430. The van der Waals surface area contributed by atoms with Gasteiger partial charge in [0.25, 0.3) is 5.91 Å². The van der Waals surface area contributed by atoms with E-state index in [0.717, 1.165) is 50.3 Å². The Morgan fingerprint density at radius 1 is 0.944 bits per heavy atom. The molecule has 1 aliphatic rings. The number of phenolic OH excluding ortho intramolecular Hbond substituents is 1. The van der Waals surface area contributed by atoms with Gasteiger partial charge in [-0.1, -0.05) is 78.8 Å². The molecule has 6 heteroatoms. The van der Waals surface area contributed by atoms with Gasteiger partial charge in [0.2, 0.25) is 0 Å². The van der Waals surface area contributed by atoms with Gasteiger partial charge in [-0.2, -0.15) is 5.10 Å². The molecule has 2 aromatic carbocycles. The van der Waals surface area contributed by atoms with E-state index in [1.54, 1.807) is 6.21 Å². The number of hydrogen-bond acceptors (Lipinski definition) is 5. The summed E-state index contributed by atoms with van der Waals surface area (Å²) in [5.41, 5.74) is 7.69. The summed E-state index contributed by atoms with van der Waals surface area (Å²) in [5.74, 6) is 0.0753. The zero-order chi connectivity index (χ0) is 26.5. The molecule has 3 rings (SSSR count). The van der Waals surface area contributed by atoms with Gasteiger partial charge in [0.1, 0.15) is 5.75 Å². The third kappa shape index (κ3) is 7.65. The van der Waals surface area contributed by atoms with Crippen LogP contribution in [0.3, 0.4) is 0 Å². The Morgan fingerprint density at radius 2 is 1.53 bits per heavy atom. The molecule has 196 valence electrons. The lowest BCUT2D eigenvalue weighted by Crippen LogP contribution is -2.48. The summed E-state index contributed by atoms with van der Waals surface area (Å²) in [6, 6.07) is 12.9. The summed E-state index contributed by atoms with van der Waals surface area (Å²) >= 11 is 0. The monoisotopic (exact) mass is 492 g/mol. The van der Waals surface area contributed by atoms with Crippen molar-refractivity contribution in [2.45, 2.75) is 72.3 Å². The first-order chi connectivity index (χ1) is 16.9. The summed E-state index contributed by atoms with van der Waals surface area (Å²) in [5, 5.41) is 15.1. The minimum atomic E-state index is -0.210. The molecule has 1 fully saturated rings. The molecule has 1 heterocycles. The maximum absolute atomic E-state index is 12.5. The molecule has 36 heavy (non-hydrogen) atoms. The highest BCUT2D eigenvalue weighted by Crippen LogP contribution is 2.37. The lowest BCUT2D eigenvalue weighted by molar-refractivity contribution is -0.122. The molecule has 0 unspecified atom stereocenters. The number of phenols is 1. The number of carbonyl (C=O) groups excluding carboxylic acids is 1. The Hall–Kier alpha value is -2.70. The summed E-state index contributed by atoms with van der Waals surface area (Å²) in [6.45, 7) is 19.7. The summed E-state index contributed by atoms with van der Waals surface area (Å²) in [4.78, 5) is 17.1. The van der Waals surface area contributed by atoms with Crippen molar-refractivity contribution in [3.63, 3.8) is 0 Å². The minimum absolute atomic E-state index is 0.0688. The van der Waals surface area contributed by atoms with E-state index in [4.69, 9.17) is 0 Å². The van der Waals surface area contributed by atoms with Gasteiger partial charge >= 0.3 is 0 Å². The molecule has 6 nitrogen and oxygen atoms in total. The zero-order valence-corrected chi connectivity index (χ0v) is 23.2. The average Bonchev–Trinajstić information content (AvgIpc) is 2.80. The van der Waals surface area contributed by atoms with Crippen LogP contribution in [0.5, 0.6) is 5.75 Å². The zero-order valence-electron chi connectivity index (χ0n) is 23.2. The number of aromatic hydroxyl groups is 1. The molecule has 0 aliphatic carbocycles. The topological polar surface area (TPSA) is 68.2 Å². The van der Waals surface area contributed by atoms with E-state index in [0.29, 0.717) is 12.1 Å². The molecule has 2 aromatic rings. The van der Waals surface area contributed by atoms with Crippen LogP contribution in [0.2, 0.25) is 0 Å². The van der Waals surface area contributed by atoms with Gasteiger partial charge in [0.05, 0.1) is 12.8 Å². The van der Waals surface area contributed by atoms with Gasteiger partial charge < -0.3 is 5.11 Å². The highest BCUT2D eigenvalue weighted by Gasteiger charge is 2.24. The first-order valence-electron chi connectivity index (χ1n) is 13.1. The van der Waals surface area contributed by atoms with Crippen molar-refractivity contribution in [1.82, 2.24) is 15.2 Å². The number of hydrazone groups is 1. The predicted octanol–water partition coefficient (Wildman–Crippen LogP) is 4.82. The third-order valence-corrected chi connectivity index (χ3v) is 6.88. The van der Waals surface area contributed by atoms with E-state index < -0.39 is 0 Å². The number of piperazine rings is 1. The second-order valence-corrected chi connectivity index (χ2v) is 12.0. The molecule has 0 atom stereocenters. The molecule has 0 spiro atoms. The number of carbonyl (C=O) groups is 1. The van der Waals surface area contributed by atoms with Gasteiger partial charge in [-0.05, 0) is 40.0 Å². The summed E-state index contributed by atoms with van der Waals surface area (Å²) in [6.07, 6.45) is 2.62. The summed E-state index contributed by atoms with van der Waals surface area (Å²) < 4.78 is 0. The molecule has 1 saturated heterocycles. The Bertz CT molecular complexity index is 1050. The summed E-state index contributed by atoms with van der Waals surface area (Å²) in [7, 11) is 0. The van der Waals surface area contributed by atoms with E-state index in [-0.39, 0.29) is 22.5 Å². The smallest absolute Gasteiger partial charge is 0.254 e. The predicted molar refractivity (Wildman–Crippen MR) is 149 cm³/mol. The van der Waals surface area contributed by atoms with E-state index in [2.05, 4.69) is 99.1 Å². The number of amides is 1. The van der Waals surface area contributed by atoms with Gasteiger partial charge in [0.15, 0.2) is 0 Å². The Balaban J connectivity index is 1.53. The first kappa shape index (κ1) is 27.9. The minimum Gasteiger partial charge on any atom is -0.507 e. The van der Waals surface area contributed by atoms with Crippen LogP contribution >= 0.6 is 0 Å². The van der Waals surface area contributed by atoms with Crippen molar-refractivity contribution < 1.29 is 9.90 Å². The van der Waals surface area contributed by atoms with Crippen molar-refractivity contribution in [1.29, 1.82) is 0 Å². The van der Waals surface area contributed by atoms with Gasteiger partial charge in [-0.15, -0.1) is 0 Å². The molecule has 0 saturated carbocycles. The van der Waals surface area contributed by atoms with Gasteiger partial charge in [-0.25, -0.2) is 5.43 Å². The highest BCUT2D eigenvalue weighted by atomic mass is 16.3. The van der Waals surface area contributed by atoms with E-state index in [1.165, 1.54) is 11.1 Å². The Labute approximate surface area is 217 Å². The second kappa shape index (κ2) is 11.6. The normalized spacial score (nSPS) is 16.0. The van der Waals surface area contributed by atoms with Crippen LogP contribution in [0.1, 0.15) is 76.3 Å². The van der Waals surface area contributed by atoms with E-state index in [1.807, 2.05) is 6.07 Å². The largest absolute Gasteiger partial charge is 0.507 e. The van der Waals surface area contributed by atoms with Crippen molar-refractivity contribution in [2.75, 3.05) is 32.7 Å². The SMILES string of the molecule is CCc1ccc(CN2CCN(CC(=O)N/N=C\c3cc(C(C)(C)C)cc(C(C)(C)C)c3O)CC2)cc1. The van der Waals surface area contributed by atoms with Crippen LogP contribution in [0.15, 0.2) is 41.5 Å². The average molecular weight is 493 g/mol. The van der Waals surface area contributed by atoms with E-state index in [9.17, 15) is 9.90 Å². The van der Waals surface area contributed by atoms with Crippen molar-refractivity contribution >= 4 is 12.1 Å². The Morgan fingerprint density at radius 3 is 2.08 bits per heavy atom. The lowest BCUT2D eigenvalue weighted by atomic mass is 9.79. The number of nitrogens with one attached hydrogen (secondary N) is 1. The second-order valence-electron chi connectivity index (χ2n) is 12.0. The van der Waals surface area contributed by atoms with Crippen LogP contribution in [0.25, 0.3) is 0 Å². The van der Waals surface area contributed by atoms with Crippen molar-refractivity contribution in [2.24, 2.45) is 5.10 Å². The molecule has 0 aromatic heterocycles. The number of aryl methyl sites for hydroxylation is 1. The van der Waals surface area contributed by atoms with Crippen LogP contribution in [0, 0.1) is 0 Å². The number of hydrogen-bond donors (Lipinski definition) is 2. The number of nitrogens with zero attached hydrogens (tertiary/aromatic N) is 3. The highest BCUT2D eigenvalue weighted by molar-refractivity contribution is 5.86. The molecular formula is C30H44N4O2.